The largest absolute Gasteiger partial charge is 0.395 e. The van der Waals surface area contributed by atoms with E-state index in [1.807, 2.05) is 31.2 Å². The first-order chi connectivity index (χ1) is 6.76. The van der Waals surface area contributed by atoms with Crippen LogP contribution in [0.15, 0.2) is 24.3 Å². The van der Waals surface area contributed by atoms with Crippen LogP contribution in [0.25, 0.3) is 0 Å². The zero-order valence-corrected chi connectivity index (χ0v) is 8.92. The number of aliphatic hydroxyl groups excluding tert-OH is 1. The number of rotatable bonds is 4. The lowest BCUT2D eigenvalue weighted by Crippen LogP contribution is -2.02. The van der Waals surface area contributed by atoms with Crippen LogP contribution in [0.3, 0.4) is 0 Å². The van der Waals surface area contributed by atoms with Crippen LogP contribution < -0.4 is 0 Å². The molecule has 0 spiro atoms. The number of aliphatic hydroxyl groups is 1. The van der Waals surface area contributed by atoms with E-state index in [1.165, 1.54) is 5.56 Å². The first-order valence-corrected chi connectivity index (χ1v) is 5.52. The highest BCUT2D eigenvalue weighted by atomic mass is 32.2. The molecule has 1 atom stereocenters. The molecule has 1 aromatic carbocycles. The molecule has 1 rings (SSSR count). The number of hydrogen-bond donors (Lipinski definition) is 1. The molecule has 74 valence electrons. The molecule has 1 N–H and O–H groups in total. The van der Waals surface area contributed by atoms with E-state index in [0.29, 0.717) is 5.56 Å². The van der Waals surface area contributed by atoms with Crippen molar-refractivity contribution in [1.29, 1.82) is 5.26 Å². The van der Waals surface area contributed by atoms with Crippen LogP contribution in [-0.2, 0) is 5.75 Å². The van der Waals surface area contributed by atoms with Gasteiger partial charge in [-0.1, -0.05) is 19.1 Å². The molecule has 0 aliphatic rings. The van der Waals surface area contributed by atoms with Gasteiger partial charge in [0.05, 0.1) is 18.2 Å². The van der Waals surface area contributed by atoms with Crippen molar-refractivity contribution < 1.29 is 5.11 Å². The van der Waals surface area contributed by atoms with Gasteiger partial charge in [-0.25, -0.2) is 0 Å². The van der Waals surface area contributed by atoms with Crippen molar-refractivity contribution in [3.05, 3.63) is 35.4 Å². The molecule has 0 heterocycles. The maximum absolute atomic E-state index is 8.83. The smallest absolute Gasteiger partial charge is 0.0991 e. The second kappa shape index (κ2) is 5.69. The summed E-state index contributed by atoms with van der Waals surface area (Å²) in [5.74, 6) is 0.882. The summed E-state index contributed by atoms with van der Waals surface area (Å²) < 4.78 is 0. The van der Waals surface area contributed by atoms with Gasteiger partial charge in [0.1, 0.15) is 0 Å². The molecule has 0 aliphatic heterocycles. The second-order valence-corrected chi connectivity index (χ2v) is 4.54. The Kier molecular flexibility index (Phi) is 4.51. The average molecular weight is 207 g/mol. The third kappa shape index (κ3) is 3.41. The summed E-state index contributed by atoms with van der Waals surface area (Å²) in [5, 5.41) is 17.7. The molecular formula is C11H13NOS. The third-order valence-corrected chi connectivity index (χ3v) is 3.09. The van der Waals surface area contributed by atoms with Crippen molar-refractivity contribution in [2.75, 3.05) is 6.61 Å². The molecule has 0 saturated carbocycles. The molecule has 0 fully saturated rings. The lowest BCUT2D eigenvalue weighted by molar-refractivity contribution is 0.300. The van der Waals surface area contributed by atoms with E-state index in [-0.39, 0.29) is 11.9 Å². The topological polar surface area (TPSA) is 44.0 Å². The maximum atomic E-state index is 8.83. The molecule has 0 bridgehead atoms. The van der Waals surface area contributed by atoms with Crippen LogP contribution in [0.5, 0.6) is 0 Å². The summed E-state index contributed by atoms with van der Waals surface area (Å²) in [4.78, 5) is 0. The molecular weight excluding hydrogens is 194 g/mol. The van der Waals surface area contributed by atoms with E-state index in [2.05, 4.69) is 6.07 Å². The molecule has 0 radical (unpaired) electrons. The van der Waals surface area contributed by atoms with E-state index in [0.717, 1.165) is 5.75 Å². The van der Waals surface area contributed by atoms with E-state index >= 15 is 0 Å². The molecule has 2 nitrogen and oxygen atoms in total. The molecule has 1 unspecified atom stereocenters. The Morgan fingerprint density at radius 3 is 2.57 bits per heavy atom. The predicted molar refractivity (Wildman–Crippen MR) is 59.0 cm³/mol. The molecule has 0 aliphatic carbocycles. The number of nitrogens with zero attached hydrogens (tertiary/aromatic N) is 1. The van der Waals surface area contributed by atoms with Gasteiger partial charge in [-0.05, 0) is 17.7 Å². The predicted octanol–water partition coefficient (Wildman–Crippen LogP) is 2.17. The van der Waals surface area contributed by atoms with E-state index in [9.17, 15) is 0 Å². The van der Waals surface area contributed by atoms with Gasteiger partial charge >= 0.3 is 0 Å². The maximum Gasteiger partial charge on any atom is 0.0991 e. The first kappa shape index (κ1) is 11.1. The summed E-state index contributed by atoms with van der Waals surface area (Å²) >= 11 is 1.71. The Hall–Kier alpha value is -0.980. The van der Waals surface area contributed by atoms with E-state index in [1.54, 1.807) is 11.8 Å². The van der Waals surface area contributed by atoms with E-state index < -0.39 is 0 Å². The van der Waals surface area contributed by atoms with Gasteiger partial charge in [-0.3, -0.25) is 0 Å². The highest BCUT2D eigenvalue weighted by molar-refractivity contribution is 7.99. The summed E-state index contributed by atoms with van der Waals surface area (Å²) in [6.45, 7) is 2.20. The standard InChI is InChI=1S/C11H13NOS/c1-9(7-13)14-8-11-4-2-10(6-12)3-5-11/h2-5,9,13H,7-8H2,1H3. The van der Waals surface area contributed by atoms with Crippen molar-refractivity contribution in [2.24, 2.45) is 0 Å². The van der Waals surface area contributed by atoms with Crippen LogP contribution in [0.1, 0.15) is 18.1 Å². The van der Waals surface area contributed by atoms with Gasteiger partial charge in [-0.15, -0.1) is 0 Å². The second-order valence-electron chi connectivity index (χ2n) is 3.11. The third-order valence-electron chi connectivity index (χ3n) is 1.87. The zero-order chi connectivity index (χ0) is 10.4. The van der Waals surface area contributed by atoms with Crippen LogP contribution in [0, 0.1) is 11.3 Å². The Morgan fingerprint density at radius 2 is 2.07 bits per heavy atom. The molecule has 0 saturated heterocycles. The minimum absolute atomic E-state index is 0.209. The van der Waals surface area contributed by atoms with Crippen molar-refractivity contribution in [2.45, 2.75) is 17.9 Å². The molecule has 0 amide bonds. The fourth-order valence-corrected chi connectivity index (χ4v) is 1.74. The van der Waals surface area contributed by atoms with Crippen LogP contribution >= 0.6 is 11.8 Å². The lowest BCUT2D eigenvalue weighted by Gasteiger charge is -2.06. The Balaban J connectivity index is 2.49. The van der Waals surface area contributed by atoms with Crippen molar-refractivity contribution in [1.82, 2.24) is 0 Å². The zero-order valence-electron chi connectivity index (χ0n) is 8.10. The molecule has 14 heavy (non-hydrogen) atoms. The summed E-state index contributed by atoms with van der Waals surface area (Å²) in [6.07, 6.45) is 0. The van der Waals surface area contributed by atoms with Gasteiger partial charge in [0.25, 0.3) is 0 Å². The minimum atomic E-state index is 0.209. The average Bonchev–Trinajstić information content (AvgIpc) is 2.26. The number of hydrogen-bond acceptors (Lipinski definition) is 3. The fraction of sp³-hybridized carbons (Fsp3) is 0.364. The van der Waals surface area contributed by atoms with Crippen LogP contribution in [-0.4, -0.2) is 17.0 Å². The van der Waals surface area contributed by atoms with Gasteiger partial charge in [0.2, 0.25) is 0 Å². The number of nitriles is 1. The van der Waals surface area contributed by atoms with Crippen molar-refractivity contribution in [3.63, 3.8) is 0 Å². The van der Waals surface area contributed by atoms with Gasteiger partial charge in [0, 0.05) is 11.0 Å². The highest BCUT2D eigenvalue weighted by Gasteiger charge is 2.00. The Morgan fingerprint density at radius 1 is 1.43 bits per heavy atom. The molecule has 1 aromatic rings. The molecule has 0 aromatic heterocycles. The summed E-state index contributed by atoms with van der Waals surface area (Å²) in [6, 6.07) is 9.63. The first-order valence-electron chi connectivity index (χ1n) is 4.47. The van der Waals surface area contributed by atoms with Crippen LogP contribution in [0.4, 0.5) is 0 Å². The van der Waals surface area contributed by atoms with E-state index in [4.69, 9.17) is 10.4 Å². The number of benzene rings is 1. The van der Waals surface area contributed by atoms with Crippen LogP contribution in [0.2, 0.25) is 0 Å². The SMILES string of the molecule is CC(CO)SCc1ccc(C#N)cc1. The fourth-order valence-electron chi connectivity index (χ4n) is 0.967. The van der Waals surface area contributed by atoms with Crippen molar-refractivity contribution in [3.8, 4) is 6.07 Å². The Labute approximate surface area is 88.6 Å². The highest BCUT2D eigenvalue weighted by Crippen LogP contribution is 2.17. The lowest BCUT2D eigenvalue weighted by atomic mass is 10.2. The van der Waals surface area contributed by atoms with Gasteiger partial charge < -0.3 is 5.11 Å². The monoisotopic (exact) mass is 207 g/mol. The Bertz CT molecular complexity index is 315. The van der Waals surface area contributed by atoms with Gasteiger partial charge in [-0.2, -0.15) is 17.0 Å². The summed E-state index contributed by atoms with van der Waals surface area (Å²) in [5.41, 5.74) is 1.88. The molecule has 3 heteroatoms. The van der Waals surface area contributed by atoms with Gasteiger partial charge in [0.15, 0.2) is 0 Å². The van der Waals surface area contributed by atoms with Crippen molar-refractivity contribution >= 4 is 11.8 Å². The quantitative estimate of drug-likeness (QED) is 0.823. The minimum Gasteiger partial charge on any atom is -0.395 e. The number of thioether (sulfide) groups is 1. The summed E-state index contributed by atoms with van der Waals surface area (Å²) in [7, 11) is 0. The normalized spacial score (nSPS) is 12.1.